The quantitative estimate of drug-likeness (QED) is 0.561. The molecule has 0 aliphatic heterocycles. The second-order valence-corrected chi connectivity index (χ2v) is 2.15. The van der Waals surface area contributed by atoms with Gasteiger partial charge in [0.25, 0.3) is 0 Å². The molecule has 0 aromatic rings. The van der Waals surface area contributed by atoms with Crippen molar-refractivity contribution in [3.05, 3.63) is 0 Å². The van der Waals surface area contributed by atoms with Crippen LogP contribution in [0.5, 0.6) is 0 Å². The van der Waals surface area contributed by atoms with Gasteiger partial charge in [-0.05, 0) is 6.92 Å². The summed E-state index contributed by atoms with van der Waals surface area (Å²) in [7, 11) is 0. The summed E-state index contributed by atoms with van der Waals surface area (Å²) in [6.07, 6.45) is -0.789. The van der Waals surface area contributed by atoms with Crippen molar-refractivity contribution >= 4 is 24.3 Å². The predicted molar refractivity (Wildman–Crippen MR) is 37.8 cm³/mol. The Morgan fingerprint density at radius 2 is 1.73 bits per heavy atom. The molecule has 0 aliphatic rings. The first-order chi connectivity index (χ1) is 4.36. The average molecular weight is 185 g/mol. The van der Waals surface area contributed by atoms with Gasteiger partial charge in [0.15, 0.2) is 5.60 Å². The molecule has 5 nitrogen and oxygen atoms in total. The van der Waals surface area contributed by atoms with Gasteiger partial charge in [-0.1, -0.05) is 0 Å². The summed E-state index contributed by atoms with van der Waals surface area (Å²) in [5, 5.41) is 25.0. The van der Waals surface area contributed by atoms with E-state index in [9.17, 15) is 9.59 Å². The minimum Gasteiger partial charge on any atom is -0.481 e. The number of halogens is 1. The Morgan fingerprint density at radius 3 is 1.82 bits per heavy atom. The molecule has 0 amide bonds. The number of aliphatic hydroxyl groups is 1. The van der Waals surface area contributed by atoms with Crippen molar-refractivity contribution in [1.29, 1.82) is 0 Å². The van der Waals surface area contributed by atoms with Gasteiger partial charge < -0.3 is 15.3 Å². The third-order valence-corrected chi connectivity index (χ3v) is 0.956. The van der Waals surface area contributed by atoms with E-state index in [0.29, 0.717) is 0 Å². The highest BCUT2D eigenvalue weighted by atomic mass is 35.5. The summed E-state index contributed by atoms with van der Waals surface area (Å²) in [4.78, 5) is 19.9. The van der Waals surface area contributed by atoms with Crippen LogP contribution in [0.4, 0.5) is 0 Å². The highest BCUT2D eigenvalue weighted by Crippen LogP contribution is 2.08. The zero-order chi connectivity index (χ0) is 8.36. The highest BCUT2D eigenvalue weighted by molar-refractivity contribution is 5.85. The van der Waals surface area contributed by atoms with E-state index in [4.69, 9.17) is 15.3 Å². The molecule has 0 aromatic carbocycles. The van der Waals surface area contributed by atoms with Gasteiger partial charge in [-0.25, -0.2) is 4.79 Å². The summed E-state index contributed by atoms with van der Waals surface area (Å²) in [6.45, 7) is 0.934. The molecule has 1 atom stereocenters. The Labute approximate surface area is 69.1 Å². The minimum atomic E-state index is -2.16. The summed E-state index contributed by atoms with van der Waals surface area (Å²) >= 11 is 0. The molecule has 0 heterocycles. The van der Waals surface area contributed by atoms with E-state index in [2.05, 4.69) is 0 Å². The van der Waals surface area contributed by atoms with Crippen LogP contribution in [-0.2, 0) is 9.59 Å². The summed E-state index contributed by atoms with van der Waals surface area (Å²) in [5.74, 6) is -2.87. The molecule has 6 heteroatoms. The molecule has 0 bridgehead atoms. The molecule has 11 heavy (non-hydrogen) atoms. The first-order valence-electron chi connectivity index (χ1n) is 2.54. The van der Waals surface area contributed by atoms with Crippen LogP contribution in [0.25, 0.3) is 0 Å². The monoisotopic (exact) mass is 184 g/mol. The lowest BCUT2D eigenvalue weighted by molar-refractivity contribution is -0.163. The van der Waals surface area contributed by atoms with Crippen molar-refractivity contribution in [2.45, 2.75) is 18.9 Å². The van der Waals surface area contributed by atoms with E-state index in [0.717, 1.165) is 6.92 Å². The van der Waals surface area contributed by atoms with Crippen LogP contribution >= 0.6 is 12.4 Å². The smallest absolute Gasteiger partial charge is 0.335 e. The van der Waals surface area contributed by atoms with E-state index < -0.39 is 24.0 Å². The molecule has 0 saturated carbocycles. The van der Waals surface area contributed by atoms with Crippen molar-refractivity contribution in [2.75, 3.05) is 0 Å². The topological polar surface area (TPSA) is 94.8 Å². The van der Waals surface area contributed by atoms with Gasteiger partial charge in [0.1, 0.15) is 0 Å². The lowest BCUT2D eigenvalue weighted by Gasteiger charge is -2.13. The number of hydrogen-bond donors (Lipinski definition) is 3. The molecule has 1 unspecified atom stereocenters. The van der Waals surface area contributed by atoms with Crippen molar-refractivity contribution in [3.8, 4) is 0 Å². The summed E-state index contributed by atoms with van der Waals surface area (Å²) in [5.41, 5.74) is -2.16. The van der Waals surface area contributed by atoms with E-state index in [-0.39, 0.29) is 12.4 Å². The van der Waals surface area contributed by atoms with Crippen molar-refractivity contribution < 1.29 is 24.9 Å². The highest BCUT2D eigenvalue weighted by Gasteiger charge is 2.32. The van der Waals surface area contributed by atoms with Crippen LogP contribution in [0.2, 0.25) is 0 Å². The maximum absolute atomic E-state index is 10.0. The van der Waals surface area contributed by atoms with Crippen LogP contribution in [0.3, 0.4) is 0 Å². The van der Waals surface area contributed by atoms with Gasteiger partial charge in [-0.2, -0.15) is 0 Å². The number of carboxylic acid groups (broad SMARTS) is 2. The maximum Gasteiger partial charge on any atom is 0.335 e. The maximum atomic E-state index is 10.0. The largest absolute Gasteiger partial charge is 0.481 e. The van der Waals surface area contributed by atoms with Crippen molar-refractivity contribution in [1.82, 2.24) is 0 Å². The van der Waals surface area contributed by atoms with E-state index in [1.807, 2.05) is 0 Å². The Hall–Kier alpha value is -0.810. The lowest BCUT2D eigenvalue weighted by Crippen LogP contribution is -2.37. The fourth-order valence-electron chi connectivity index (χ4n) is 0.370. The average Bonchev–Trinajstić information content (AvgIpc) is 1.60. The van der Waals surface area contributed by atoms with E-state index in [1.165, 1.54) is 0 Å². The Kier molecular flexibility index (Phi) is 4.84. The predicted octanol–water partition coefficient (Wildman–Crippen LogP) is -0.281. The van der Waals surface area contributed by atoms with Crippen LogP contribution in [0, 0.1) is 0 Å². The number of hydrogen-bond acceptors (Lipinski definition) is 3. The molecule has 0 fully saturated rings. The molecule has 0 aromatic heterocycles. The molecule has 0 radical (unpaired) electrons. The first kappa shape index (κ1) is 12.8. The van der Waals surface area contributed by atoms with Gasteiger partial charge in [0.05, 0.1) is 6.42 Å². The Bertz CT molecular complexity index is 164. The molecule has 66 valence electrons. The SMILES string of the molecule is CC(O)(CC(=O)O)C(=O)O.Cl. The fraction of sp³-hybridized carbons (Fsp3) is 0.600. The third kappa shape index (κ3) is 4.58. The standard InChI is InChI=1S/C5H8O5.ClH/c1-5(10,4(8)9)2-3(6)7;/h10H,2H2,1H3,(H,6,7)(H,8,9);1H. The second-order valence-electron chi connectivity index (χ2n) is 2.15. The number of carbonyl (C=O) groups is 2. The van der Waals surface area contributed by atoms with Gasteiger partial charge in [-0.15, -0.1) is 12.4 Å². The molecule has 0 aliphatic carbocycles. The Balaban J connectivity index is 0. The Morgan fingerprint density at radius 1 is 1.36 bits per heavy atom. The molecule has 3 N–H and O–H groups in total. The van der Waals surface area contributed by atoms with Crippen LogP contribution in [0.15, 0.2) is 0 Å². The number of rotatable bonds is 3. The van der Waals surface area contributed by atoms with Crippen LogP contribution in [0.1, 0.15) is 13.3 Å². The van der Waals surface area contributed by atoms with Gasteiger partial charge in [0.2, 0.25) is 0 Å². The third-order valence-electron chi connectivity index (χ3n) is 0.956. The fourth-order valence-corrected chi connectivity index (χ4v) is 0.370. The summed E-state index contributed by atoms with van der Waals surface area (Å²) in [6, 6.07) is 0. The number of aliphatic carboxylic acids is 2. The normalized spacial score (nSPS) is 14.4. The first-order valence-corrected chi connectivity index (χ1v) is 2.54. The zero-order valence-corrected chi connectivity index (χ0v) is 6.59. The van der Waals surface area contributed by atoms with Gasteiger partial charge >= 0.3 is 11.9 Å². The van der Waals surface area contributed by atoms with Crippen LogP contribution < -0.4 is 0 Å². The zero-order valence-electron chi connectivity index (χ0n) is 5.77. The van der Waals surface area contributed by atoms with Crippen molar-refractivity contribution in [2.24, 2.45) is 0 Å². The van der Waals surface area contributed by atoms with Gasteiger partial charge in [0, 0.05) is 0 Å². The summed E-state index contributed by atoms with van der Waals surface area (Å²) < 4.78 is 0. The molecule has 0 rings (SSSR count). The second kappa shape index (κ2) is 4.15. The minimum absolute atomic E-state index is 0. The van der Waals surface area contributed by atoms with E-state index >= 15 is 0 Å². The molecule has 0 spiro atoms. The van der Waals surface area contributed by atoms with E-state index in [1.54, 1.807) is 0 Å². The molecular formula is C5H9ClO5. The number of carboxylic acids is 2. The van der Waals surface area contributed by atoms with Gasteiger partial charge in [-0.3, -0.25) is 4.79 Å². The lowest BCUT2D eigenvalue weighted by atomic mass is 10.0. The van der Waals surface area contributed by atoms with Crippen LogP contribution in [-0.4, -0.2) is 32.9 Å². The molecular weight excluding hydrogens is 176 g/mol. The molecule has 0 saturated heterocycles. The van der Waals surface area contributed by atoms with Crippen molar-refractivity contribution in [3.63, 3.8) is 0 Å².